The van der Waals surface area contributed by atoms with Gasteiger partial charge in [-0.2, -0.15) is 31.6 Å². The van der Waals surface area contributed by atoms with Crippen LogP contribution in [-0.4, -0.2) is 73.9 Å². The predicted octanol–water partition coefficient (Wildman–Crippen LogP) is 3.78. The van der Waals surface area contributed by atoms with Crippen LogP contribution in [0.2, 0.25) is 0 Å². The molecular weight excluding hydrogens is 552 g/mol. The van der Waals surface area contributed by atoms with Crippen LogP contribution in [0.15, 0.2) is 42.9 Å². The molecule has 1 spiro atoms. The third-order valence-electron chi connectivity index (χ3n) is 6.15. The molecule has 4 heterocycles. The number of alkyl halides is 6. The van der Waals surface area contributed by atoms with Crippen LogP contribution in [0.4, 0.5) is 32.2 Å². The van der Waals surface area contributed by atoms with Crippen molar-refractivity contribution in [3.05, 3.63) is 54.0 Å². The van der Waals surface area contributed by atoms with Crippen LogP contribution < -0.4 is 4.90 Å². The van der Waals surface area contributed by atoms with Gasteiger partial charge in [0.25, 0.3) is 0 Å². The van der Waals surface area contributed by atoms with E-state index in [0.29, 0.717) is 18.5 Å². The summed E-state index contributed by atoms with van der Waals surface area (Å²) in [5.41, 5.74) is 1.67. The first-order valence-electron chi connectivity index (χ1n) is 11.5. The van der Waals surface area contributed by atoms with E-state index in [-0.39, 0.29) is 11.4 Å². The SMILES string of the molecule is N#Cc1ccc(N2CCC3(CCC(=O)N3Cc3ccncc3)CC2)nc1.O=C(O)C(F)(F)F.O=C(O)C(F)(F)F. The number of anilines is 1. The van der Waals surface area contributed by atoms with Gasteiger partial charge in [-0.15, -0.1) is 0 Å². The Hall–Kier alpha value is -4.42. The largest absolute Gasteiger partial charge is 0.490 e. The van der Waals surface area contributed by atoms with E-state index >= 15 is 0 Å². The second-order valence-corrected chi connectivity index (χ2v) is 8.67. The number of carboxylic acids is 2. The molecule has 0 atom stereocenters. The summed E-state index contributed by atoms with van der Waals surface area (Å²) in [6, 6.07) is 9.78. The Morgan fingerprint density at radius 3 is 1.90 bits per heavy atom. The molecule has 0 bridgehead atoms. The third kappa shape index (κ3) is 8.82. The smallest absolute Gasteiger partial charge is 0.475 e. The molecule has 40 heavy (non-hydrogen) atoms. The van der Waals surface area contributed by atoms with E-state index in [2.05, 4.69) is 25.8 Å². The number of nitriles is 1. The van der Waals surface area contributed by atoms with E-state index in [9.17, 15) is 31.1 Å². The first kappa shape index (κ1) is 31.8. The maximum atomic E-state index is 12.5. The van der Waals surface area contributed by atoms with Crippen molar-refractivity contribution >= 4 is 23.7 Å². The van der Waals surface area contributed by atoms with Gasteiger partial charge in [-0.05, 0) is 49.1 Å². The second kappa shape index (κ2) is 13.1. The number of aromatic nitrogens is 2. The molecule has 0 saturated carbocycles. The number of halogens is 6. The normalized spacial score (nSPS) is 16.3. The van der Waals surface area contributed by atoms with Gasteiger partial charge in [0.2, 0.25) is 5.91 Å². The van der Waals surface area contributed by atoms with E-state index in [1.807, 2.05) is 24.3 Å². The predicted molar refractivity (Wildman–Crippen MR) is 125 cm³/mol. The quantitative estimate of drug-likeness (QED) is 0.522. The molecule has 2 aliphatic heterocycles. The third-order valence-corrected chi connectivity index (χ3v) is 6.15. The average molecular weight is 575 g/mol. The van der Waals surface area contributed by atoms with Gasteiger partial charge < -0.3 is 20.0 Å². The van der Waals surface area contributed by atoms with Gasteiger partial charge in [0.15, 0.2) is 0 Å². The van der Waals surface area contributed by atoms with Crippen molar-refractivity contribution in [2.45, 2.75) is 50.1 Å². The van der Waals surface area contributed by atoms with Crippen LogP contribution in [-0.2, 0) is 20.9 Å². The molecule has 2 saturated heterocycles. The Morgan fingerprint density at radius 1 is 0.950 bits per heavy atom. The fraction of sp³-hybridized carbons (Fsp3) is 0.417. The topological polar surface area (TPSA) is 148 Å². The number of rotatable bonds is 3. The number of carbonyl (C=O) groups excluding carboxylic acids is 1. The summed E-state index contributed by atoms with van der Waals surface area (Å²) in [4.78, 5) is 43.1. The van der Waals surface area contributed by atoms with E-state index in [1.165, 1.54) is 0 Å². The molecule has 4 rings (SSSR count). The zero-order valence-electron chi connectivity index (χ0n) is 20.6. The lowest BCUT2D eigenvalue weighted by Gasteiger charge is -2.45. The minimum Gasteiger partial charge on any atom is -0.475 e. The van der Waals surface area contributed by atoms with Crippen LogP contribution in [0.3, 0.4) is 0 Å². The molecule has 16 heteroatoms. The lowest BCUT2D eigenvalue weighted by atomic mass is 9.84. The lowest BCUT2D eigenvalue weighted by Crippen LogP contribution is -2.53. The van der Waals surface area contributed by atoms with Crippen LogP contribution in [0.5, 0.6) is 0 Å². The first-order chi connectivity index (χ1) is 18.6. The van der Waals surface area contributed by atoms with Crippen LogP contribution in [0, 0.1) is 11.3 Å². The fourth-order valence-corrected chi connectivity index (χ4v) is 4.11. The van der Waals surface area contributed by atoms with E-state index in [1.54, 1.807) is 18.6 Å². The number of likely N-dealkylation sites (tertiary alicyclic amines) is 1. The molecule has 2 aromatic heterocycles. The molecule has 0 aromatic carbocycles. The summed E-state index contributed by atoms with van der Waals surface area (Å²) in [5.74, 6) is -4.35. The summed E-state index contributed by atoms with van der Waals surface area (Å²) in [6.07, 6.45) is -1.51. The highest BCUT2D eigenvalue weighted by atomic mass is 19.4. The number of hydrogen-bond acceptors (Lipinski definition) is 7. The number of pyridine rings is 2. The van der Waals surface area contributed by atoms with Crippen LogP contribution in [0.1, 0.15) is 36.8 Å². The number of piperidine rings is 1. The Kier molecular flexibility index (Phi) is 10.4. The Balaban J connectivity index is 0.000000333. The van der Waals surface area contributed by atoms with Crippen molar-refractivity contribution in [1.29, 1.82) is 5.26 Å². The second-order valence-electron chi connectivity index (χ2n) is 8.67. The standard InChI is InChI=1S/C20H21N5O.2C2HF3O2/c21-13-17-1-2-18(23-14-17)24-11-7-20(8-12-24)6-3-19(26)25(20)15-16-4-9-22-10-5-16;2*3-2(4,5)1(6)7/h1-2,4-5,9-10,14H,3,6-8,11-12,15H2;2*(H,6,7). The van der Waals surface area contributed by atoms with Crippen molar-refractivity contribution in [1.82, 2.24) is 14.9 Å². The molecule has 0 radical (unpaired) electrons. The molecule has 2 aromatic rings. The van der Waals surface area contributed by atoms with Crippen molar-refractivity contribution < 1.29 is 50.9 Å². The number of carbonyl (C=O) groups is 3. The van der Waals surface area contributed by atoms with Gasteiger partial charge in [-0.3, -0.25) is 9.78 Å². The van der Waals surface area contributed by atoms with Gasteiger partial charge in [-0.25, -0.2) is 14.6 Å². The number of hydrogen-bond donors (Lipinski definition) is 2. The molecule has 0 unspecified atom stereocenters. The highest BCUT2D eigenvalue weighted by molar-refractivity contribution is 5.80. The minimum atomic E-state index is -5.08. The van der Waals surface area contributed by atoms with Gasteiger partial charge in [0.05, 0.1) is 5.56 Å². The van der Waals surface area contributed by atoms with Gasteiger partial charge >= 0.3 is 24.3 Å². The van der Waals surface area contributed by atoms with E-state index in [0.717, 1.165) is 43.7 Å². The van der Waals surface area contributed by atoms with Crippen LogP contribution in [0.25, 0.3) is 0 Å². The fourth-order valence-electron chi connectivity index (χ4n) is 4.11. The van der Waals surface area contributed by atoms with Gasteiger partial charge in [0, 0.05) is 50.2 Å². The Labute approximate surface area is 223 Å². The number of nitrogens with zero attached hydrogens (tertiary/aromatic N) is 5. The summed E-state index contributed by atoms with van der Waals surface area (Å²) in [6.45, 7) is 2.41. The molecular formula is C24H23F6N5O5. The highest BCUT2D eigenvalue weighted by Gasteiger charge is 2.47. The lowest BCUT2D eigenvalue weighted by molar-refractivity contribution is -0.193. The Bertz CT molecular complexity index is 1180. The van der Waals surface area contributed by atoms with E-state index in [4.69, 9.17) is 25.1 Å². The number of amides is 1. The zero-order valence-corrected chi connectivity index (χ0v) is 20.6. The van der Waals surface area contributed by atoms with Crippen LogP contribution >= 0.6 is 0 Å². The highest BCUT2D eigenvalue weighted by Crippen LogP contribution is 2.40. The summed E-state index contributed by atoms with van der Waals surface area (Å²) in [7, 11) is 0. The molecule has 0 aliphatic carbocycles. The Morgan fingerprint density at radius 2 is 1.48 bits per heavy atom. The van der Waals surface area contributed by atoms with E-state index < -0.39 is 24.3 Å². The molecule has 2 aliphatic rings. The maximum Gasteiger partial charge on any atom is 0.490 e. The monoisotopic (exact) mass is 575 g/mol. The molecule has 216 valence electrons. The molecule has 1 amide bonds. The van der Waals surface area contributed by atoms with Gasteiger partial charge in [0.1, 0.15) is 11.9 Å². The summed E-state index contributed by atoms with van der Waals surface area (Å²) >= 11 is 0. The van der Waals surface area contributed by atoms with Crippen molar-refractivity contribution in [3.63, 3.8) is 0 Å². The van der Waals surface area contributed by atoms with Crippen molar-refractivity contribution in [3.8, 4) is 6.07 Å². The van der Waals surface area contributed by atoms with Crippen molar-refractivity contribution in [2.75, 3.05) is 18.0 Å². The van der Waals surface area contributed by atoms with Crippen molar-refractivity contribution in [2.24, 2.45) is 0 Å². The first-order valence-corrected chi connectivity index (χ1v) is 11.5. The molecule has 2 N–H and O–H groups in total. The number of carboxylic acid groups (broad SMARTS) is 2. The molecule has 2 fully saturated rings. The summed E-state index contributed by atoms with van der Waals surface area (Å²) < 4.78 is 63.5. The molecule has 10 nitrogen and oxygen atoms in total. The average Bonchev–Trinajstić information content (AvgIpc) is 3.19. The number of aliphatic carboxylic acids is 2. The van der Waals surface area contributed by atoms with Gasteiger partial charge in [-0.1, -0.05) is 0 Å². The minimum absolute atomic E-state index is 0.0382. The maximum absolute atomic E-state index is 12.5. The zero-order chi connectivity index (χ0) is 30.1. The summed E-state index contributed by atoms with van der Waals surface area (Å²) in [5, 5.41) is 23.2.